The maximum atomic E-state index is 10.9. The van der Waals surface area contributed by atoms with Crippen molar-refractivity contribution in [1.29, 1.82) is 0 Å². The summed E-state index contributed by atoms with van der Waals surface area (Å²) in [7, 11) is 0. The van der Waals surface area contributed by atoms with Crippen molar-refractivity contribution in [1.82, 2.24) is 4.90 Å². The summed E-state index contributed by atoms with van der Waals surface area (Å²) in [5.74, 6) is -0.00653. The van der Waals surface area contributed by atoms with Crippen molar-refractivity contribution in [3.8, 4) is 0 Å². The number of carbonyl (C=O) groups excluding carboxylic acids is 1. The Morgan fingerprint density at radius 2 is 2.50 bits per heavy atom. The first-order chi connectivity index (χ1) is 4.74. The van der Waals surface area contributed by atoms with Crippen LogP contribution in [-0.4, -0.2) is 29.9 Å². The number of nitrogens with zero attached hydrogens (tertiary/aromatic N) is 1. The summed E-state index contributed by atoms with van der Waals surface area (Å²) >= 11 is 0. The molecule has 1 amide bonds. The molecule has 0 bridgehead atoms. The van der Waals surface area contributed by atoms with Gasteiger partial charge in [0.05, 0.1) is 0 Å². The Balaban J connectivity index is 2.44. The van der Waals surface area contributed by atoms with E-state index in [9.17, 15) is 4.79 Å². The molecule has 1 aliphatic heterocycles. The number of carbonyl (C=O) groups is 1. The maximum absolute atomic E-state index is 10.9. The summed E-state index contributed by atoms with van der Waals surface area (Å²) < 4.78 is 0. The van der Waals surface area contributed by atoms with Crippen molar-refractivity contribution in [2.75, 3.05) is 13.1 Å². The highest BCUT2D eigenvalue weighted by Crippen LogP contribution is 2.06. The van der Waals surface area contributed by atoms with Gasteiger partial charge >= 0.3 is 0 Å². The summed E-state index contributed by atoms with van der Waals surface area (Å²) in [6.45, 7) is 4.87. The van der Waals surface area contributed by atoms with Crippen LogP contribution < -0.4 is 5.73 Å². The second-order valence-electron chi connectivity index (χ2n) is 2.54. The third-order valence-corrected chi connectivity index (χ3v) is 1.71. The Morgan fingerprint density at radius 1 is 1.80 bits per heavy atom. The minimum atomic E-state index is -0.00653. The van der Waals surface area contributed by atoms with Gasteiger partial charge in [-0.2, -0.15) is 0 Å². The molecule has 10 heavy (non-hydrogen) atoms. The van der Waals surface area contributed by atoms with Crippen molar-refractivity contribution in [2.24, 2.45) is 5.73 Å². The standard InChI is InChI=1S/C7H12N2O/c1-2-7(10)9-4-3-6(8)5-9/h2,6H,1,3-5,8H2. The summed E-state index contributed by atoms with van der Waals surface area (Å²) in [4.78, 5) is 12.6. The Bertz CT molecular complexity index is 156. The molecule has 0 aromatic carbocycles. The van der Waals surface area contributed by atoms with Crippen molar-refractivity contribution in [3.05, 3.63) is 12.7 Å². The second-order valence-corrected chi connectivity index (χ2v) is 2.54. The molecule has 2 N–H and O–H groups in total. The molecule has 1 unspecified atom stereocenters. The normalized spacial score (nSPS) is 24.9. The Hall–Kier alpha value is -0.830. The molecule has 1 aliphatic rings. The van der Waals surface area contributed by atoms with E-state index in [0.29, 0.717) is 6.54 Å². The fraction of sp³-hybridized carbons (Fsp3) is 0.571. The zero-order chi connectivity index (χ0) is 7.56. The fourth-order valence-corrected chi connectivity index (χ4v) is 1.12. The summed E-state index contributed by atoms with van der Waals surface area (Å²) in [6.07, 6.45) is 2.25. The van der Waals surface area contributed by atoms with Crippen LogP contribution in [0.2, 0.25) is 0 Å². The average Bonchev–Trinajstić information content (AvgIpc) is 2.34. The molecule has 3 nitrogen and oxygen atoms in total. The van der Waals surface area contributed by atoms with Crippen LogP contribution >= 0.6 is 0 Å². The SMILES string of the molecule is C=CC(=O)N1CCC(N)C1. The van der Waals surface area contributed by atoms with Gasteiger partial charge in [0.2, 0.25) is 5.91 Å². The maximum Gasteiger partial charge on any atom is 0.246 e. The lowest BCUT2D eigenvalue weighted by atomic mass is 10.3. The molecule has 1 fully saturated rings. The van der Waals surface area contributed by atoms with E-state index >= 15 is 0 Å². The van der Waals surface area contributed by atoms with Gasteiger partial charge in [-0.05, 0) is 12.5 Å². The lowest BCUT2D eigenvalue weighted by Gasteiger charge is -2.11. The van der Waals surface area contributed by atoms with Gasteiger partial charge < -0.3 is 10.6 Å². The van der Waals surface area contributed by atoms with Crippen LogP contribution in [0.25, 0.3) is 0 Å². The highest BCUT2D eigenvalue weighted by molar-refractivity contribution is 5.87. The Kier molecular flexibility index (Phi) is 2.06. The van der Waals surface area contributed by atoms with E-state index in [-0.39, 0.29) is 11.9 Å². The zero-order valence-electron chi connectivity index (χ0n) is 5.92. The second kappa shape index (κ2) is 2.84. The van der Waals surface area contributed by atoms with Gasteiger partial charge in [0.15, 0.2) is 0 Å². The minimum Gasteiger partial charge on any atom is -0.338 e. The Labute approximate surface area is 60.5 Å². The van der Waals surface area contributed by atoms with E-state index in [4.69, 9.17) is 5.73 Å². The molecule has 1 saturated heterocycles. The predicted octanol–water partition coefficient (Wildman–Crippen LogP) is -0.268. The van der Waals surface area contributed by atoms with Crippen LogP contribution in [0.3, 0.4) is 0 Å². The van der Waals surface area contributed by atoms with Crippen LogP contribution in [-0.2, 0) is 4.79 Å². The van der Waals surface area contributed by atoms with Gasteiger partial charge in [0.1, 0.15) is 0 Å². The first-order valence-electron chi connectivity index (χ1n) is 3.41. The van der Waals surface area contributed by atoms with Crippen molar-refractivity contribution in [3.63, 3.8) is 0 Å². The van der Waals surface area contributed by atoms with Gasteiger partial charge in [-0.3, -0.25) is 4.79 Å². The molecule has 1 atom stereocenters. The molecule has 0 spiro atoms. The summed E-state index contributed by atoms with van der Waals surface area (Å²) in [5, 5.41) is 0. The quantitative estimate of drug-likeness (QED) is 0.510. The molecule has 0 radical (unpaired) electrons. The summed E-state index contributed by atoms with van der Waals surface area (Å²) in [5.41, 5.74) is 5.59. The third-order valence-electron chi connectivity index (χ3n) is 1.71. The van der Waals surface area contributed by atoms with Crippen LogP contribution in [0.1, 0.15) is 6.42 Å². The number of hydrogen-bond acceptors (Lipinski definition) is 2. The lowest BCUT2D eigenvalue weighted by molar-refractivity contribution is -0.125. The highest BCUT2D eigenvalue weighted by atomic mass is 16.2. The molecular weight excluding hydrogens is 128 g/mol. The molecule has 0 saturated carbocycles. The van der Waals surface area contributed by atoms with Gasteiger partial charge in [0.25, 0.3) is 0 Å². The monoisotopic (exact) mass is 140 g/mol. The molecule has 56 valence electrons. The van der Waals surface area contributed by atoms with E-state index < -0.39 is 0 Å². The first kappa shape index (κ1) is 7.28. The smallest absolute Gasteiger partial charge is 0.246 e. The number of likely N-dealkylation sites (tertiary alicyclic amines) is 1. The number of amides is 1. The van der Waals surface area contributed by atoms with E-state index in [1.807, 2.05) is 0 Å². The summed E-state index contributed by atoms with van der Waals surface area (Å²) in [6, 6.07) is 0.170. The number of nitrogens with two attached hydrogens (primary N) is 1. The van der Waals surface area contributed by atoms with Gasteiger partial charge in [0, 0.05) is 19.1 Å². The third kappa shape index (κ3) is 1.36. The van der Waals surface area contributed by atoms with E-state index in [2.05, 4.69) is 6.58 Å². The molecule has 1 heterocycles. The van der Waals surface area contributed by atoms with Gasteiger partial charge in [-0.25, -0.2) is 0 Å². The molecule has 1 rings (SSSR count). The topological polar surface area (TPSA) is 46.3 Å². The van der Waals surface area contributed by atoms with Crippen LogP contribution in [0.15, 0.2) is 12.7 Å². The van der Waals surface area contributed by atoms with Crippen molar-refractivity contribution >= 4 is 5.91 Å². The van der Waals surface area contributed by atoms with E-state index in [1.54, 1.807) is 4.90 Å². The van der Waals surface area contributed by atoms with Crippen LogP contribution in [0, 0.1) is 0 Å². The molecule has 0 aliphatic carbocycles. The van der Waals surface area contributed by atoms with Crippen LogP contribution in [0.5, 0.6) is 0 Å². The number of hydrogen-bond donors (Lipinski definition) is 1. The van der Waals surface area contributed by atoms with Crippen LogP contribution in [0.4, 0.5) is 0 Å². The van der Waals surface area contributed by atoms with Crippen molar-refractivity contribution in [2.45, 2.75) is 12.5 Å². The fourth-order valence-electron chi connectivity index (χ4n) is 1.12. The highest BCUT2D eigenvalue weighted by Gasteiger charge is 2.21. The molecule has 0 aromatic heterocycles. The minimum absolute atomic E-state index is 0.00653. The Morgan fingerprint density at radius 3 is 2.90 bits per heavy atom. The zero-order valence-corrected chi connectivity index (χ0v) is 5.92. The van der Waals surface area contributed by atoms with Gasteiger partial charge in [-0.1, -0.05) is 6.58 Å². The molecule has 0 aromatic rings. The van der Waals surface area contributed by atoms with Crippen molar-refractivity contribution < 1.29 is 4.79 Å². The largest absolute Gasteiger partial charge is 0.338 e. The molecular formula is C7H12N2O. The molecule has 3 heteroatoms. The van der Waals surface area contributed by atoms with E-state index in [1.165, 1.54) is 6.08 Å². The lowest BCUT2D eigenvalue weighted by Crippen LogP contribution is -2.30. The van der Waals surface area contributed by atoms with Gasteiger partial charge in [-0.15, -0.1) is 0 Å². The number of rotatable bonds is 1. The average molecular weight is 140 g/mol. The predicted molar refractivity (Wildman–Crippen MR) is 39.4 cm³/mol. The van der Waals surface area contributed by atoms with E-state index in [0.717, 1.165) is 13.0 Å². The first-order valence-corrected chi connectivity index (χ1v) is 3.41.